The maximum absolute atomic E-state index is 13.5. The van der Waals surface area contributed by atoms with Gasteiger partial charge in [0.05, 0.1) is 0 Å². The number of hydrogen-bond acceptors (Lipinski definition) is 2. The highest BCUT2D eigenvalue weighted by molar-refractivity contribution is 6.10. The van der Waals surface area contributed by atoms with Gasteiger partial charge in [-0.1, -0.05) is 73.7 Å². The molecule has 4 rings (SSSR count). The fourth-order valence-electron chi connectivity index (χ4n) is 3.87. The van der Waals surface area contributed by atoms with Crippen molar-refractivity contribution in [1.29, 1.82) is 0 Å². The van der Waals surface area contributed by atoms with E-state index in [0.717, 1.165) is 34.1 Å². The SMILES string of the molecule is CCc1ccccc1NC(=O)C[NH2+][C@H](C(=O)c1c[nH]c2ccccc12)c1ccccc1. The molecule has 4 N–H and O–H groups in total. The Balaban J connectivity index is 1.55. The number of rotatable bonds is 8. The van der Waals surface area contributed by atoms with Crippen LogP contribution in [-0.4, -0.2) is 23.2 Å². The number of ketones is 1. The van der Waals surface area contributed by atoms with E-state index >= 15 is 0 Å². The zero-order chi connectivity index (χ0) is 21.6. The van der Waals surface area contributed by atoms with Gasteiger partial charge in [0, 0.05) is 33.9 Å². The van der Waals surface area contributed by atoms with E-state index in [4.69, 9.17) is 0 Å². The first kappa shape index (κ1) is 20.6. The van der Waals surface area contributed by atoms with Crippen LogP contribution in [0.5, 0.6) is 0 Å². The second-order valence-electron chi connectivity index (χ2n) is 7.50. The molecule has 0 fully saturated rings. The van der Waals surface area contributed by atoms with Gasteiger partial charge < -0.3 is 15.6 Å². The summed E-state index contributed by atoms with van der Waals surface area (Å²) < 4.78 is 0. The van der Waals surface area contributed by atoms with Crippen LogP contribution in [0.25, 0.3) is 10.9 Å². The van der Waals surface area contributed by atoms with Gasteiger partial charge in [-0.3, -0.25) is 9.59 Å². The van der Waals surface area contributed by atoms with Crippen molar-refractivity contribution in [2.24, 2.45) is 0 Å². The van der Waals surface area contributed by atoms with E-state index in [-0.39, 0.29) is 18.2 Å². The summed E-state index contributed by atoms with van der Waals surface area (Å²) in [5.41, 5.74) is 4.34. The summed E-state index contributed by atoms with van der Waals surface area (Å²) >= 11 is 0. The van der Waals surface area contributed by atoms with Crippen molar-refractivity contribution in [2.75, 3.05) is 11.9 Å². The van der Waals surface area contributed by atoms with Crippen LogP contribution in [0.4, 0.5) is 5.69 Å². The quantitative estimate of drug-likeness (QED) is 0.384. The highest BCUT2D eigenvalue weighted by Crippen LogP contribution is 2.23. The number of aryl methyl sites for hydroxylation is 1. The predicted molar refractivity (Wildman–Crippen MR) is 123 cm³/mol. The number of H-pyrrole nitrogens is 1. The summed E-state index contributed by atoms with van der Waals surface area (Å²) in [6.07, 6.45) is 2.60. The van der Waals surface area contributed by atoms with E-state index in [1.54, 1.807) is 6.20 Å². The van der Waals surface area contributed by atoms with Crippen LogP contribution in [0.3, 0.4) is 0 Å². The van der Waals surface area contributed by atoms with E-state index in [2.05, 4.69) is 17.2 Å². The van der Waals surface area contributed by atoms with Crippen molar-refractivity contribution in [3.63, 3.8) is 0 Å². The lowest BCUT2D eigenvalue weighted by Gasteiger charge is -2.15. The molecule has 0 aliphatic heterocycles. The standard InChI is InChI=1S/C26H25N3O2/c1-2-18-10-6-8-14-22(18)29-24(30)17-28-25(19-11-4-3-5-12-19)26(31)21-16-27-23-15-9-7-13-20(21)23/h3-16,25,27-28H,2,17H2,1H3,(H,29,30)/p+1/t25-/m0/s1. The monoisotopic (exact) mass is 412 g/mol. The summed E-state index contributed by atoms with van der Waals surface area (Å²) in [4.78, 5) is 29.4. The molecule has 0 saturated carbocycles. The lowest BCUT2D eigenvalue weighted by atomic mass is 9.97. The third-order valence-corrected chi connectivity index (χ3v) is 5.51. The Hall–Kier alpha value is -3.70. The summed E-state index contributed by atoms with van der Waals surface area (Å²) in [6.45, 7) is 2.20. The van der Waals surface area contributed by atoms with E-state index in [0.29, 0.717) is 5.56 Å². The minimum Gasteiger partial charge on any atom is -0.360 e. The molecule has 1 heterocycles. The number of para-hydroxylation sites is 2. The van der Waals surface area contributed by atoms with Gasteiger partial charge in [-0.15, -0.1) is 0 Å². The number of fused-ring (bicyclic) bond motifs is 1. The number of quaternary nitrogens is 1. The van der Waals surface area contributed by atoms with E-state index in [9.17, 15) is 9.59 Å². The van der Waals surface area contributed by atoms with Gasteiger partial charge in [-0.05, 0) is 24.1 Å². The van der Waals surface area contributed by atoms with Crippen molar-refractivity contribution in [3.05, 3.63) is 102 Å². The molecule has 31 heavy (non-hydrogen) atoms. The van der Waals surface area contributed by atoms with Crippen LogP contribution in [-0.2, 0) is 11.2 Å². The van der Waals surface area contributed by atoms with Crippen LogP contribution in [0.15, 0.2) is 85.1 Å². The molecule has 0 radical (unpaired) electrons. The molecule has 5 nitrogen and oxygen atoms in total. The predicted octanol–water partition coefficient (Wildman–Crippen LogP) is 3.86. The molecule has 0 aliphatic rings. The van der Waals surface area contributed by atoms with Crippen LogP contribution in [0.2, 0.25) is 0 Å². The molecule has 1 amide bonds. The molecular weight excluding hydrogens is 386 g/mol. The third kappa shape index (κ3) is 4.57. The fourth-order valence-corrected chi connectivity index (χ4v) is 3.87. The number of aromatic nitrogens is 1. The number of nitrogens with one attached hydrogen (secondary N) is 2. The smallest absolute Gasteiger partial charge is 0.279 e. The minimum atomic E-state index is -0.507. The van der Waals surface area contributed by atoms with Crippen molar-refractivity contribution >= 4 is 28.3 Å². The van der Waals surface area contributed by atoms with Gasteiger partial charge in [0.15, 0.2) is 12.6 Å². The number of benzene rings is 3. The summed E-state index contributed by atoms with van der Waals surface area (Å²) in [7, 11) is 0. The van der Waals surface area contributed by atoms with Crippen LogP contribution in [0.1, 0.15) is 34.5 Å². The van der Waals surface area contributed by atoms with E-state index in [1.807, 2.05) is 84.2 Å². The van der Waals surface area contributed by atoms with Gasteiger partial charge in [-0.2, -0.15) is 0 Å². The fraction of sp³-hybridized carbons (Fsp3) is 0.154. The Kier molecular flexibility index (Phi) is 6.24. The first-order valence-corrected chi connectivity index (χ1v) is 10.5. The van der Waals surface area contributed by atoms with Crippen molar-refractivity contribution in [3.8, 4) is 0 Å². The number of Topliss-reactive ketones (excluding diaryl/α,β-unsaturated/α-hetero) is 1. The second-order valence-corrected chi connectivity index (χ2v) is 7.50. The number of anilines is 1. The second kappa shape index (κ2) is 9.41. The van der Waals surface area contributed by atoms with Gasteiger partial charge in [-0.25, -0.2) is 0 Å². The number of carbonyl (C=O) groups is 2. The Bertz CT molecular complexity index is 1200. The van der Waals surface area contributed by atoms with Gasteiger partial charge in [0.1, 0.15) is 0 Å². The third-order valence-electron chi connectivity index (χ3n) is 5.51. The zero-order valence-corrected chi connectivity index (χ0v) is 17.5. The molecule has 0 bridgehead atoms. The Morgan fingerprint density at radius 2 is 1.65 bits per heavy atom. The number of amides is 1. The summed E-state index contributed by atoms with van der Waals surface area (Å²) in [5, 5.41) is 5.68. The summed E-state index contributed by atoms with van der Waals surface area (Å²) in [6, 6.07) is 24.6. The molecule has 0 unspecified atom stereocenters. The molecule has 1 atom stereocenters. The van der Waals surface area contributed by atoms with Gasteiger partial charge >= 0.3 is 0 Å². The Morgan fingerprint density at radius 3 is 2.45 bits per heavy atom. The molecular formula is C26H26N3O2+. The highest BCUT2D eigenvalue weighted by atomic mass is 16.2. The molecule has 156 valence electrons. The van der Waals surface area contributed by atoms with Gasteiger partial charge in [0.25, 0.3) is 5.91 Å². The average molecular weight is 413 g/mol. The molecule has 3 aromatic carbocycles. The van der Waals surface area contributed by atoms with Crippen molar-refractivity contribution in [1.82, 2.24) is 4.98 Å². The molecule has 0 saturated heterocycles. The number of nitrogens with two attached hydrogens (primary N) is 1. The first-order chi connectivity index (χ1) is 15.2. The lowest BCUT2D eigenvalue weighted by molar-refractivity contribution is -0.670. The lowest BCUT2D eigenvalue weighted by Crippen LogP contribution is -2.88. The number of hydrogen-bond donors (Lipinski definition) is 3. The van der Waals surface area contributed by atoms with Gasteiger partial charge in [0.2, 0.25) is 5.78 Å². The van der Waals surface area contributed by atoms with Crippen molar-refractivity contribution < 1.29 is 14.9 Å². The van der Waals surface area contributed by atoms with Crippen LogP contribution < -0.4 is 10.6 Å². The molecule has 5 heteroatoms. The minimum absolute atomic E-state index is 0.0228. The average Bonchev–Trinajstić information content (AvgIpc) is 3.24. The first-order valence-electron chi connectivity index (χ1n) is 10.5. The van der Waals surface area contributed by atoms with Crippen molar-refractivity contribution in [2.45, 2.75) is 19.4 Å². The maximum Gasteiger partial charge on any atom is 0.279 e. The highest BCUT2D eigenvalue weighted by Gasteiger charge is 2.28. The molecule has 1 aromatic heterocycles. The van der Waals surface area contributed by atoms with Crippen LogP contribution >= 0.6 is 0 Å². The Labute approximate surface area is 181 Å². The molecule has 0 spiro atoms. The largest absolute Gasteiger partial charge is 0.360 e. The zero-order valence-electron chi connectivity index (χ0n) is 17.5. The summed E-state index contributed by atoms with van der Waals surface area (Å²) in [5.74, 6) is -0.154. The van der Waals surface area contributed by atoms with E-state index < -0.39 is 6.04 Å². The number of aromatic amines is 1. The Morgan fingerprint density at radius 1 is 0.935 bits per heavy atom. The number of carbonyl (C=O) groups excluding carboxylic acids is 2. The normalized spacial score (nSPS) is 11.9. The molecule has 0 aliphatic carbocycles. The van der Waals surface area contributed by atoms with E-state index in [1.165, 1.54) is 0 Å². The van der Waals surface area contributed by atoms with Crippen LogP contribution in [0, 0.1) is 0 Å². The molecule has 4 aromatic rings. The topological polar surface area (TPSA) is 78.6 Å². The maximum atomic E-state index is 13.5.